The van der Waals surface area contributed by atoms with Gasteiger partial charge in [-0.2, -0.15) is 0 Å². The second kappa shape index (κ2) is 7.81. The summed E-state index contributed by atoms with van der Waals surface area (Å²) in [6, 6.07) is 10.8. The summed E-state index contributed by atoms with van der Waals surface area (Å²) in [5.74, 6) is -1.06. The molecule has 1 aliphatic heterocycles. The number of benzene rings is 2. The predicted molar refractivity (Wildman–Crippen MR) is 108 cm³/mol. The van der Waals surface area contributed by atoms with E-state index in [1.54, 1.807) is 30.3 Å². The highest BCUT2D eigenvalue weighted by Gasteiger charge is 2.33. The maximum absolute atomic E-state index is 12.8. The average molecular weight is 401 g/mol. The SMILES string of the molecule is CCOc1cc(/C=C2\SC(=S)N(c3cccc(C(=O)O)c3)C2=O)ccc1O. The first-order valence-corrected chi connectivity index (χ1v) is 9.20. The number of aromatic carboxylic acids is 1. The maximum Gasteiger partial charge on any atom is 0.335 e. The second-order valence-electron chi connectivity index (χ2n) is 5.53. The van der Waals surface area contributed by atoms with Crippen LogP contribution < -0.4 is 9.64 Å². The third-order valence-electron chi connectivity index (χ3n) is 3.73. The molecular formula is C19H15NO5S2. The summed E-state index contributed by atoms with van der Waals surface area (Å²) in [5.41, 5.74) is 1.16. The fraction of sp³-hybridized carbons (Fsp3) is 0.105. The molecule has 6 nitrogen and oxygen atoms in total. The molecule has 1 saturated heterocycles. The molecule has 1 fully saturated rings. The fourth-order valence-electron chi connectivity index (χ4n) is 2.51. The van der Waals surface area contributed by atoms with Gasteiger partial charge in [0.1, 0.15) is 0 Å². The number of phenolic OH excluding ortho intramolecular Hbond substituents is 1. The van der Waals surface area contributed by atoms with Crippen molar-refractivity contribution in [2.45, 2.75) is 6.92 Å². The van der Waals surface area contributed by atoms with Crippen molar-refractivity contribution in [3.8, 4) is 11.5 Å². The Balaban J connectivity index is 1.92. The zero-order valence-corrected chi connectivity index (χ0v) is 15.8. The molecule has 0 aliphatic carbocycles. The molecule has 0 unspecified atom stereocenters. The van der Waals surface area contributed by atoms with Crippen molar-refractivity contribution in [3.05, 3.63) is 58.5 Å². The summed E-state index contributed by atoms with van der Waals surface area (Å²) in [6.45, 7) is 2.21. The van der Waals surface area contributed by atoms with Crippen LogP contribution >= 0.6 is 24.0 Å². The molecule has 0 radical (unpaired) electrons. The van der Waals surface area contributed by atoms with Crippen molar-refractivity contribution in [2.24, 2.45) is 0 Å². The number of carboxylic acid groups (broad SMARTS) is 1. The Labute approximate surface area is 165 Å². The van der Waals surface area contributed by atoms with E-state index in [0.717, 1.165) is 11.8 Å². The number of hydrogen-bond acceptors (Lipinski definition) is 6. The highest BCUT2D eigenvalue weighted by molar-refractivity contribution is 8.27. The Morgan fingerprint density at radius 1 is 1.30 bits per heavy atom. The molecule has 0 bridgehead atoms. The summed E-state index contributed by atoms with van der Waals surface area (Å²) in [5, 5.41) is 18.9. The maximum atomic E-state index is 12.8. The molecule has 138 valence electrons. The minimum atomic E-state index is -1.08. The number of anilines is 1. The Bertz CT molecular complexity index is 970. The first-order valence-electron chi connectivity index (χ1n) is 7.98. The van der Waals surface area contributed by atoms with Gasteiger partial charge in [0, 0.05) is 0 Å². The fourth-order valence-corrected chi connectivity index (χ4v) is 3.81. The first kappa shape index (κ1) is 18.9. The van der Waals surface area contributed by atoms with Gasteiger partial charge in [0.15, 0.2) is 15.8 Å². The molecule has 8 heteroatoms. The Morgan fingerprint density at radius 2 is 2.07 bits per heavy atom. The standard InChI is InChI=1S/C19H15NO5S2/c1-2-25-15-8-11(6-7-14(15)21)9-16-17(22)20(19(26)27-16)13-5-3-4-12(10-13)18(23)24/h3-10,21H,2H2,1H3,(H,23,24)/b16-9-. The van der Waals surface area contributed by atoms with E-state index in [1.807, 2.05) is 6.92 Å². The molecule has 1 aliphatic rings. The lowest BCUT2D eigenvalue weighted by atomic mass is 10.1. The summed E-state index contributed by atoms with van der Waals surface area (Å²) >= 11 is 6.43. The van der Waals surface area contributed by atoms with Crippen LogP contribution in [0.15, 0.2) is 47.4 Å². The van der Waals surface area contributed by atoms with E-state index in [1.165, 1.54) is 23.1 Å². The van der Waals surface area contributed by atoms with Crippen LogP contribution in [0.25, 0.3) is 6.08 Å². The number of ether oxygens (including phenoxy) is 1. The van der Waals surface area contributed by atoms with Crippen LogP contribution in [0.4, 0.5) is 5.69 Å². The summed E-state index contributed by atoms with van der Waals surface area (Å²) in [4.78, 5) is 25.7. The third-order valence-corrected chi connectivity index (χ3v) is 5.03. The number of rotatable bonds is 5. The molecule has 27 heavy (non-hydrogen) atoms. The number of phenols is 1. The Morgan fingerprint density at radius 3 is 2.78 bits per heavy atom. The molecule has 1 amide bonds. The molecule has 0 atom stereocenters. The zero-order valence-electron chi connectivity index (χ0n) is 14.2. The second-order valence-corrected chi connectivity index (χ2v) is 7.21. The van der Waals surface area contributed by atoms with E-state index < -0.39 is 5.97 Å². The van der Waals surface area contributed by atoms with E-state index in [0.29, 0.717) is 32.8 Å². The van der Waals surface area contributed by atoms with Crippen molar-refractivity contribution >= 4 is 51.9 Å². The van der Waals surface area contributed by atoms with Crippen LogP contribution in [0, 0.1) is 0 Å². The minimum absolute atomic E-state index is 0.0204. The van der Waals surface area contributed by atoms with Crippen LogP contribution in [-0.4, -0.2) is 33.0 Å². The smallest absolute Gasteiger partial charge is 0.335 e. The molecule has 2 aromatic carbocycles. The Hall–Kier alpha value is -2.84. The van der Waals surface area contributed by atoms with Gasteiger partial charge in [-0.25, -0.2) is 4.79 Å². The molecule has 2 aromatic rings. The number of nitrogens with zero attached hydrogens (tertiary/aromatic N) is 1. The Kier molecular flexibility index (Phi) is 5.48. The lowest BCUT2D eigenvalue weighted by Crippen LogP contribution is -2.27. The van der Waals surface area contributed by atoms with E-state index in [9.17, 15) is 14.7 Å². The quantitative estimate of drug-likeness (QED) is 0.580. The number of thioether (sulfide) groups is 1. The van der Waals surface area contributed by atoms with E-state index in [-0.39, 0.29) is 17.2 Å². The lowest BCUT2D eigenvalue weighted by Gasteiger charge is -2.14. The number of aromatic hydroxyl groups is 1. The normalized spacial score (nSPS) is 15.4. The molecule has 2 N–H and O–H groups in total. The van der Waals surface area contributed by atoms with Gasteiger partial charge in [0.05, 0.1) is 22.8 Å². The monoisotopic (exact) mass is 401 g/mol. The van der Waals surface area contributed by atoms with Gasteiger partial charge in [-0.15, -0.1) is 0 Å². The summed E-state index contributed by atoms with van der Waals surface area (Å²) in [7, 11) is 0. The van der Waals surface area contributed by atoms with E-state index in [2.05, 4.69) is 0 Å². The average Bonchev–Trinajstić information content (AvgIpc) is 2.91. The number of amides is 1. The molecule has 3 rings (SSSR count). The lowest BCUT2D eigenvalue weighted by molar-refractivity contribution is -0.113. The highest BCUT2D eigenvalue weighted by Crippen LogP contribution is 2.37. The summed E-state index contributed by atoms with van der Waals surface area (Å²) in [6.07, 6.45) is 1.66. The predicted octanol–water partition coefficient (Wildman–Crippen LogP) is 3.89. The van der Waals surface area contributed by atoms with Gasteiger partial charge >= 0.3 is 5.97 Å². The number of thiocarbonyl (C=S) groups is 1. The van der Waals surface area contributed by atoms with Crippen LogP contribution in [0.1, 0.15) is 22.8 Å². The van der Waals surface area contributed by atoms with E-state index >= 15 is 0 Å². The van der Waals surface area contributed by atoms with Crippen molar-refractivity contribution in [1.82, 2.24) is 0 Å². The topological polar surface area (TPSA) is 87.1 Å². The van der Waals surface area contributed by atoms with Crippen molar-refractivity contribution in [2.75, 3.05) is 11.5 Å². The van der Waals surface area contributed by atoms with Gasteiger partial charge in [-0.3, -0.25) is 9.69 Å². The summed E-state index contributed by atoms with van der Waals surface area (Å²) < 4.78 is 5.67. The van der Waals surface area contributed by atoms with Crippen molar-refractivity contribution in [3.63, 3.8) is 0 Å². The highest BCUT2D eigenvalue weighted by atomic mass is 32.2. The van der Waals surface area contributed by atoms with E-state index in [4.69, 9.17) is 22.1 Å². The number of carboxylic acids is 1. The third kappa shape index (κ3) is 3.96. The van der Waals surface area contributed by atoms with Crippen molar-refractivity contribution < 1.29 is 24.5 Å². The minimum Gasteiger partial charge on any atom is -0.504 e. The van der Waals surface area contributed by atoms with Gasteiger partial charge in [-0.1, -0.05) is 36.1 Å². The van der Waals surface area contributed by atoms with Crippen LogP contribution in [0.3, 0.4) is 0 Å². The molecular weight excluding hydrogens is 386 g/mol. The van der Waals surface area contributed by atoms with Gasteiger partial charge in [-0.05, 0) is 48.9 Å². The van der Waals surface area contributed by atoms with Crippen LogP contribution in [-0.2, 0) is 4.79 Å². The molecule has 0 spiro atoms. The van der Waals surface area contributed by atoms with Crippen LogP contribution in [0.2, 0.25) is 0 Å². The molecule has 0 aromatic heterocycles. The van der Waals surface area contributed by atoms with Gasteiger partial charge < -0.3 is 14.9 Å². The molecule has 0 saturated carbocycles. The number of hydrogen-bond donors (Lipinski definition) is 2. The van der Waals surface area contributed by atoms with Crippen molar-refractivity contribution in [1.29, 1.82) is 0 Å². The molecule has 1 heterocycles. The van der Waals surface area contributed by atoms with Gasteiger partial charge in [0.2, 0.25) is 0 Å². The number of carbonyl (C=O) groups is 2. The largest absolute Gasteiger partial charge is 0.504 e. The zero-order chi connectivity index (χ0) is 19.6. The van der Waals surface area contributed by atoms with Crippen LogP contribution in [0.5, 0.6) is 11.5 Å². The number of carbonyl (C=O) groups excluding carboxylic acids is 1. The first-order chi connectivity index (χ1) is 12.9. The van der Waals surface area contributed by atoms with Gasteiger partial charge in [0.25, 0.3) is 5.91 Å².